The highest BCUT2D eigenvalue weighted by Gasteiger charge is 2.30. The van der Waals surface area contributed by atoms with E-state index < -0.39 is 8.07 Å². The highest BCUT2D eigenvalue weighted by atomic mass is 28.3. The van der Waals surface area contributed by atoms with Crippen LogP contribution in [-0.4, -0.2) is 8.07 Å². The van der Waals surface area contributed by atoms with Gasteiger partial charge in [-0.25, -0.2) is 0 Å². The van der Waals surface area contributed by atoms with E-state index in [2.05, 4.69) is 16.6 Å². The standard InChI is InChI=1S/C13H10Si/c1-5-14(6-2,7-3)13-11-9-8-10-12(13)4/h1-3,8-11H,4H3. The number of hydrogen-bond acceptors (Lipinski definition) is 0. The molecule has 0 unspecified atom stereocenters. The van der Waals surface area contributed by atoms with E-state index in [4.69, 9.17) is 19.3 Å². The predicted octanol–water partition coefficient (Wildman–Crippen LogP) is 1.17. The highest BCUT2D eigenvalue weighted by Crippen LogP contribution is 2.04. The fourth-order valence-electron chi connectivity index (χ4n) is 1.35. The molecule has 0 saturated heterocycles. The summed E-state index contributed by atoms with van der Waals surface area (Å²) in [5.74, 6) is 0. The van der Waals surface area contributed by atoms with Crippen molar-refractivity contribution in [1.29, 1.82) is 0 Å². The van der Waals surface area contributed by atoms with Crippen molar-refractivity contribution in [3.63, 3.8) is 0 Å². The van der Waals surface area contributed by atoms with Crippen LogP contribution in [0.4, 0.5) is 0 Å². The van der Waals surface area contributed by atoms with Gasteiger partial charge in [0, 0.05) is 0 Å². The second-order valence-corrected chi connectivity index (χ2v) is 5.90. The lowest BCUT2D eigenvalue weighted by Gasteiger charge is -2.15. The molecule has 0 spiro atoms. The molecular weight excluding hydrogens is 184 g/mol. The lowest BCUT2D eigenvalue weighted by molar-refractivity contribution is 1.51. The van der Waals surface area contributed by atoms with Gasteiger partial charge in [-0.3, -0.25) is 0 Å². The third-order valence-electron chi connectivity index (χ3n) is 2.20. The Bertz CT molecular complexity index is 427. The van der Waals surface area contributed by atoms with Gasteiger partial charge in [0.05, 0.1) is 0 Å². The number of aryl methyl sites for hydroxylation is 1. The molecule has 1 aromatic carbocycles. The van der Waals surface area contributed by atoms with Crippen molar-refractivity contribution in [3.8, 4) is 35.9 Å². The van der Waals surface area contributed by atoms with E-state index >= 15 is 0 Å². The molecule has 14 heavy (non-hydrogen) atoms. The van der Waals surface area contributed by atoms with Gasteiger partial charge in [-0.15, -0.1) is 19.3 Å². The van der Waals surface area contributed by atoms with Gasteiger partial charge in [-0.1, -0.05) is 40.9 Å². The maximum absolute atomic E-state index is 5.46. The van der Waals surface area contributed by atoms with E-state index in [1.165, 1.54) is 0 Å². The van der Waals surface area contributed by atoms with Crippen LogP contribution in [0.3, 0.4) is 0 Å². The summed E-state index contributed by atoms with van der Waals surface area (Å²) < 4.78 is 0. The van der Waals surface area contributed by atoms with Crippen molar-refractivity contribution in [1.82, 2.24) is 0 Å². The van der Waals surface area contributed by atoms with E-state index in [0.29, 0.717) is 0 Å². The topological polar surface area (TPSA) is 0 Å². The van der Waals surface area contributed by atoms with E-state index in [0.717, 1.165) is 10.8 Å². The van der Waals surface area contributed by atoms with Crippen LogP contribution in [0.25, 0.3) is 0 Å². The number of rotatable bonds is 1. The SMILES string of the molecule is C#C[Si](C#C)(C#C)c1ccccc1C. The fourth-order valence-corrected chi connectivity index (χ4v) is 3.09. The maximum atomic E-state index is 5.46. The Labute approximate surface area is 86.4 Å². The first-order chi connectivity index (χ1) is 6.70. The summed E-state index contributed by atoms with van der Waals surface area (Å²) in [6.45, 7) is 1.98. The molecule has 0 N–H and O–H groups in total. The average Bonchev–Trinajstić information content (AvgIpc) is 2.24. The average molecular weight is 194 g/mol. The van der Waals surface area contributed by atoms with Crippen LogP contribution in [0.1, 0.15) is 5.56 Å². The first kappa shape index (κ1) is 10.2. The van der Waals surface area contributed by atoms with E-state index in [9.17, 15) is 0 Å². The Hall–Kier alpha value is -1.88. The van der Waals surface area contributed by atoms with Crippen LogP contribution in [-0.2, 0) is 0 Å². The summed E-state index contributed by atoms with van der Waals surface area (Å²) in [5.41, 5.74) is 8.99. The van der Waals surface area contributed by atoms with Gasteiger partial charge in [0.2, 0.25) is 0 Å². The molecule has 1 aromatic rings. The molecule has 0 aromatic heterocycles. The lowest BCUT2D eigenvalue weighted by Crippen LogP contribution is -2.46. The Morgan fingerprint density at radius 3 is 1.93 bits per heavy atom. The molecule has 1 rings (SSSR count). The van der Waals surface area contributed by atoms with Crippen molar-refractivity contribution < 1.29 is 0 Å². The molecule has 0 aliphatic rings. The Morgan fingerprint density at radius 2 is 1.50 bits per heavy atom. The molecule has 1 heteroatoms. The Morgan fingerprint density at radius 1 is 1.00 bits per heavy atom. The number of benzene rings is 1. The van der Waals surface area contributed by atoms with Crippen LogP contribution < -0.4 is 5.19 Å². The minimum atomic E-state index is -2.55. The van der Waals surface area contributed by atoms with Gasteiger partial charge in [0.1, 0.15) is 0 Å². The summed E-state index contributed by atoms with van der Waals surface area (Å²) in [6.07, 6.45) is 16.4. The third kappa shape index (κ3) is 1.45. The lowest BCUT2D eigenvalue weighted by atomic mass is 10.2. The summed E-state index contributed by atoms with van der Waals surface area (Å²) in [4.78, 5) is 0. The fraction of sp³-hybridized carbons (Fsp3) is 0.0769. The first-order valence-electron chi connectivity index (χ1n) is 4.19. The van der Waals surface area contributed by atoms with E-state index in [-0.39, 0.29) is 0 Å². The van der Waals surface area contributed by atoms with Crippen molar-refractivity contribution in [2.24, 2.45) is 0 Å². The van der Waals surface area contributed by atoms with Gasteiger partial charge in [-0.2, -0.15) is 0 Å². The molecular formula is C13H10Si. The molecule has 0 bridgehead atoms. The largest absolute Gasteiger partial charge is 0.320 e. The van der Waals surface area contributed by atoms with Crippen LogP contribution in [0.15, 0.2) is 24.3 Å². The summed E-state index contributed by atoms with van der Waals surface area (Å²) in [6, 6.07) is 7.77. The third-order valence-corrected chi connectivity index (χ3v) is 4.87. The van der Waals surface area contributed by atoms with Gasteiger partial charge < -0.3 is 0 Å². The number of hydrogen-bond donors (Lipinski definition) is 0. The van der Waals surface area contributed by atoms with Crippen molar-refractivity contribution in [2.45, 2.75) is 6.92 Å². The van der Waals surface area contributed by atoms with Crippen LogP contribution in [0, 0.1) is 42.8 Å². The van der Waals surface area contributed by atoms with Gasteiger partial charge in [-0.05, 0) is 17.7 Å². The van der Waals surface area contributed by atoms with E-state index in [1.807, 2.05) is 31.2 Å². The second kappa shape index (κ2) is 3.88. The molecule has 0 atom stereocenters. The molecule has 0 aliphatic heterocycles. The van der Waals surface area contributed by atoms with Crippen molar-refractivity contribution in [3.05, 3.63) is 29.8 Å². The van der Waals surface area contributed by atoms with Crippen LogP contribution in [0.2, 0.25) is 0 Å². The normalized spacial score (nSPS) is 9.57. The zero-order valence-corrected chi connectivity index (χ0v) is 9.04. The quantitative estimate of drug-likeness (QED) is 0.465. The van der Waals surface area contributed by atoms with Crippen molar-refractivity contribution in [2.75, 3.05) is 0 Å². The van der Waals surface area contributed by atoms with E-state index in [1.54, 1.807) is 0 Å². The molecule has 66 valence electrons. The minimum absolute atomic E-state index is 0.979. The monoisotopic (exact) mass is 194 g/mol. The van der Waals surface area contributed by atoms with Gasteiger partial charge in [0.25, 0.3) is 0 Å². The molecule has 0 amide bonds. The molecule has 0 radical (unpaired) electrons. The predicted molar refractivity (Wildman–Crippen MR) is 63.1 cm³/mol. The molecule has 0 saturated carbocycles. The molecule has 0 heterocycles. The summed E-state index contributed by atoms with van der Waals surface area (Å²) in [5, 5.41) is 0.979. The first-order valence-corrected chi connectivity index (χ1v) is 6.19. The molecule has 0 fully saturated rings. The zero-order chi connectivity index (χ0) is 10.6. The maximum Gasteiger partial charge on any atom is 0.320 e. The summed E-state index contributed by atoms with van der Waals surface area (Å²) in [7, 11) is -2.55. The second-order valence-electron chi connectivity index (χ2n) is 3.00. The Kier molecular flexibility index (Phi) is 2.83. The van der Waals surface area contributed by atoms with Gasteiger partial charge in [0.15, 0.2) is 0 Å². The smallest absolute Gasteiger partial charge is 0.124 e. The summed E-state index contributed by atoms with van der Waals surface area (Å²) >= 11 is 0. The van der Waals surface area contributed by atoms with Crippen LogP contribution >= 0.6 is 0 Å². The van der Waals surface area contributed by atoms with Crippen LogP contribution in [0.5, 0.6) is 0 Å². The van der Waals surface area contributed by atoms with Gasteiger partial charge >= 0.3 is 8.07 Å². The Balaban J connectivity index is 3.46. The highest BCUT2D eigenvalue weighted by molar-refractivity contribution is 7.10. The zero-order valence-electron chi connectivity index (χ0n) is 8.04. The van der Waals surface area contributed by atoms with Crippen molar-refractivity contribution >= 4 is 13.3 Å². The molecule has 0 aliphatic carbocycles. The minimum Gasteiger partial charge on any atom is -0.124 e. The number of terminal acetylenes is 3. The molecule has 0 nitrogen and oxygen atoms in total.